The summed E-state index contributed by atoms with van der Waals surface area (Å²) in [7, 11) is 2.17. The first-order valence-electron chi connectivity index (χ1n) is 12.9. The van der Waals surface area contributed by atoms with Gasteiger partial charge in [-0.15, -0.1) is 0 Å². The topological polar surface area (TPSA) is 66.3 Å². The summed E-state index contributed by atoms with van der Waals surface area (Å²) < 4.78 is 1.74. The number of hydrogen-bond acceptors (Lipinski definition) is 6. The molecule has 4 aromatic rings. The van der Waals surface area contributed by atoms with Crippen LogP contribution in [-0.4, -0.2) is 52.7 Å². The molecule has 1 saturated heterocycles. The standard InChI is InChI=1S/C29H32N6O/c1-3-35-27-23(18-26(28(35)36)22-8-6-21(7-9-22)20-4-5-20)19-30-29(32-27)31-24-10-12-25(13-11-24)34-16-14-33(2)15-17-34/h6-13,18-20H,3-5,14-17H2,1-2H3,(H,30,31,32). The van der Waals surface area contributed by atoms with E-state index in [0.29, 0.717) is 29.6 Å². The van der Waals surface area contributed by atoms with Crippen LogP contribution in [0.25, 0.3) is 22.2 Å². The van der Waals surface area contributed by atoms with Crippen molar-refractivity contribution in [2.24, 2.45) is 0 Å². The summed E-state index contributed by atoms with van der Waals surface area (Å²) in [6.45, 7) is 6.76. The minimum atomic E-state index is -0.0228. The zero-order valence-corrected chi connectivity index (χ0v) is 20.9. The number of nitrogens with zero attached hydrogens (tertiary/aromatic N) is 5. The highest BCUT2D eigenvalue weighted by atomic mass is 16.1. The molecule has 1 N–H and O–H groups in total. The maximum atomic E-state index is 13.4. The number of likely N-dealkylation sites (N-methyl/N-ethyl adjacent to an activating group) is 1. The third-order valence-electron chi connectivity index (χ3n) is 7.41. The van der Waals surface area contributed by atoms with Crippen LogP contribution in [-0.2, 0) is 6.54 Å². The molecule has 0 spiro atoms. The number of rotatable bonds is 6. The molecular formula is C29H32N6O. The minimum Gasteiger partial charge on any atom is -0.369 e. The molecule has 2 fully saturated rings. The Bertz CT molecular complexity index is 1430. The van der Waals surface area contributed by atoms with Crippen LogP contribution in [0.1, 0.15) is 31.2 Å². The molecule has 0 amide bonds. The van der Waals surface area contributed by atoms with Crippen LogP contribution in [0, 0.1) is 0 Å². The molecule has 0 radical (unpaired) electrons. The molecule has 7 nitrogen and oxygen atoms in total. The van der Waals surface area contributed by atoms with Crippen molar-refractivity contribution in [1.29, 1.82) is 0 Å². The van der Waals surface area contributed by atoms with Crippen LogP contribution in [0.15, 0.2) is 65.6 Å². The number of benzene rings is 2. The van der Waals surface area contributed by atoms with Gasteiger partial charge < -0.3 is 15.1 Å². The minimum absolute atomic E-state index is 0.0228. The van der Waals surface area contributed by atoms with E-state index in [0.717, 1.165) is 42.8 Å². The fourth-order valence-electron chi connectivity index (χ4n) is 5.02. The van der Waals surface area contributed by atoms with Crippen molar-refractivity contribution in [3.05, 3.63) is 76.7 Å². The normalized spacial score (nSPS) is 16.4. The highest BCUT2D eigenvalue weighted by Gasteiger charge is 2.23. The lowest BCUT2D eigenvalue weighted by Gasteiger charge is -2.34. The first-order valence-corrected chi connectivity index (χ1v) is 12.9. The largest absolute Gasteiger partial charge is 0.369 e. The Morgan fingerprint density at radius 1 is 0.972 bits per heavy atom. The summed E-state index contributed by atoms with van der Waals surface area (Å²) in [5.41, 5.74) is 5.77. The lowest BCUT2D eigenvalue weighted by molar-refractivity contribution is 0.313. The number of piperazine rings is 1. The Balaban J connectivity index is 1.26. The van der Waals surface area contributed by atoms with Gasteiger partial charge in [-0.25, -0.2) is 4.98 Å². The van der Waals surface area contributed by atoms with Crippen LogP contribution < -0.4 is 15.8 Å². The maximum absolute atomic E-state index is 13.4. The van der Waals surface area contributed by atoms with Crippen LogP contribution in [0.4, 0.5) is 17.3 Å². The molecule has 0 atom stereocenters. The van der Waals surface area contributed by atoms with E-state index in [1.165, 1.54) is 24.1 Å². The molecule has 0 bridgehead atoms. The lowest BCUT2D eigenvalue weighted by Crippen LogP contribution is -2.44. The molecule has 2 aliphatic rings. The van der Waals surface area contributed by atoms with Crippen LogP contribution >= 0.6 is 0 Å². The SMILES string of the molecule is CCn1c(=O)c(-c2ccc(C3CC3)cc2)cc2cnc(Nc3ccc(N4CCN(C)CC4)cc3)nc21. The molecule has 2 aromatic heterocycles. The van der Waals surface area contributed by atoms with E-state index in [1.807, 2.05) is 13.0 Å². The predicted molar refractivity (Wildman–Crippen MR) is 146 cm³/mol. The summed E-state index contributed by atoms with van der Waals surface area (Å²) in [6.07, 6.45) is 4.34. The Morgan fingerprint density at radius 3 is 2.36 bits per heavy atom. The molecule has 0 unspecified atom stereocenters. The van der Waals surface area contributed by atoms with Gasteiger partial charge in [-0.1, -0.05) is 24.3 Å². The maximum Gasteiger partial charge on any atom is 0.260 e. The van der Waals surface area contributed by atoms with Crippen molar-refractivity contribution >= 4 is 28.4 Å². The molecule has 1 saturated carbocycles. The van der Waals surface area contributed by atoms with E-state index in [2.05, 4.69) is 75.7 Å². The number of anilines is 3. The summed E-state index contributed by atoms with van der Waals surface area (Å²) >= 11 is 0. The van der Waals surface area contributed by atoms with E-state index in [9.17, 15) is 4.79 Å². The molecule has 6 rings (SSSR count). The van der Waals surface area contributed by atoms with E-state index in [1.54, 1.807) is 10.8 Å². The fraction of sp³-hybridized carbons (Fsp3) is 0.345. The summed E-state index contributed by atoms with van der Waals surface area (Å²) in [5.74, 6) is 1.18. The van der Waals surface area contributed by atoms with Crippen molar-refractivity contribution < 1.29 is 0 Å². The highest BCUT2D eigenvalue weighted by Crippen LogP contribution is 2.40. The molecule has 1 aliphatic heterocycles. The average Bonchev–Trinajstić information content (AvgIpc) is 3.75. The zero-order chi connectivity index (χ0) is 24.6. The number of pyridine rings is 1. The molecule has 1 aliphatic carbocycles. The average molecular weight is 481 g/mol. The third kappa shape index (κ3) is 4.46. The monoisotopic (exact) mass is 480 g/mol. The van der Waals surface area contributed by atoms with Gasteiger partial charge in [0, 0.05) is 61.2 Å². The van der Waals surface area contributed by atoms with Gasteiger partial charge in [-0.2, -0.15) is 4.98 Å². The van der Waals surface area contributed by atoms with Gasteiger partial charge in [0.15, 0.2) is 0 Å². The first kappa shape index (κ1) is 22.7. The van der Waals surface area contributed by atoms with Crippen molar-refractivity contribution in [2.45, 2.75) is 32.2 Å². The van der Waals surface area contributed by atoms with Gasteiger partial charge in [0.1, 0.15) is 5.65 Å². The van der Waals surface area contributed by atoms with Crippen LogP contribution in [0.5, 0.6) is 0 Å². The van der Waals surface area contributed by atoms with Crippen LogP contribution in [0.2, 0.25) is 0 Å². The summed E-state index contributed by atoms with van der Waals surface area (Å²) in [6, 6.07) is 18.8. The molecular weight excluding hydrogens is 448 g/mol. The Labute approximate surface area is 211 Å². The molecule has 3 heterocycles. The lowest BCUT2D eigenvalue weighted by atomic mass is 10.0. The van der Waals surface area contributed by atoms with Gasteiger partial charge in [-0.3, -0.25) is 9.36 Å². The van der Waals surface area contributed by atoms with Gasteiger partial charge in [-0.05, 0) is 74.2 Å². The van der Waals surface area contributed by atoms with Gasteiger partial charge in [0.05, 0.1) is 0 Å². The second kappa shape index (κ2) is 9.39. The number of nitrogens with one attached hydrogen (secondary N) is 1. The number of fused-ring (bicyclic) bond motifs is 1. The third-order valence-corrected chi connectivity index (χ3v) is 7.41. The van der Waals surface area contributed by atoms with Crippen molar-refractivity contribution in [3.63, 3.8) is 0 Å². The quantitative estimate of drug-likeness (QED) is 0.426. The Kier molecular flexibility index (Phi) is 5.93. The molecule has 2 aromatic carbocycles. The van der Waals surface area contributed by atoms with E-state index < -0.39 is 0 Å². The predicted octanol–water partition coefficient (Wildman–Crippen LogP) is 4.85. The number of hydrogen-bond donors (Lipinski definition) is 1. The van der Waals surface area contributed by atoms with Crippen LogP contribution in [0.3, 0.4) is 0 Å². The molecule has 7 heteroatoms. The number of aromatic nitrogens is 3. The van der Waals surface area contributed by atoms with Gasteiger partial charge >= 0.3 is 0 Å². The van der Waals surface area contributed by atoms with Crippen molar-refractivity contribution in [1.82, 2.24) is 19.4 Å². The molecule has 36 heavy (non-hydrogen) atoms. The zero-order valence-electron chi connectivity index (χ0n) is 20.9. The van der Waals surface area contributed by atoms with E-state index >= 15 is 0 Å². The first-order chi connectivity index (χ1) is 17.6. The second-order valence-corrected chi connectivity index (χ2v) is 9.94. The smallest absolute Gasteiger partial charge is 0.260 e. The van der Waals surface area contributed by atoms with E-state index in [-0.39, 0.29) is 5.56 Å². The summed E-state index contributed by atoms with van der Waals surface area (Å²) in [4.78, 5) is 27.4. The fourth-order valence-corrected chi connectivity index (χ4v) is 5.02. The molecule has 184 valence electrons. The summed E-state index contributed by atoms with van der Waals surface area (Å²) in [5, 5.41) is 4.16. The highest BCUT2D eigenvalue weighted by molar-refractivity contribution is 5.82. The van der Waals surface area contributed by atoms with E-state index in [4.69, 9.17) is 4.98 Å². The van der Waals surface area contributed by atoms with Crippen molar-refractivity contribution in [2.75, 3.05) is 43.4 Å². The number of aryl methyl sites for hydroxylation is 1. The van der Waals surface area contributed by atoms with Crippen molar-refractivity contribution in [3.8, 4) is 11.1 Å². The van der Waals surface area contributed by atoms with Gasteiger partial charge in [0.2, 0.25) is 5.95 Å². The Morgan fingerprint density at radius 2 is 1.69 bits per heavy atom. The van der Waals surface area contributed by atoms with Gasteiger partial charge in [0.25, 0.3) is 5.56 Å². The Hall–Kier alpha value is -3.71. The second-order valence-electron chi connectivity index (χ2n) is 9.94.